The second kappa shape index (κ2) is 15.2. The summed E-state index contributed by atoms with van der Waals surface area (Å²) in [6, 6.07) is 29.2. The van der Waals surface area contributed by atoms with Crippen LogP contribution in [0, 0.1) is 12.7 Å². The van der Waals surface area contributed by atoms with E-state index in [9.17, 15) is 18.0 Å². The van der Waals surface area contributed by atoms with Crippen molar-refractivity contribution in [1.29, 1.82) is 0 Å². The normalized spacial score (nSPS) is 14.3. The van der Waals surface area contributed by atoms with Crippen LogP contribution in [0.15, 0.2) is 114 Å². The predicted octanol–water partition coefficient (Wildman–Crippen LogP) is 6.42. The Morgan fingerprint density at radius 3 is 2.09 bits per heavy atom. The second-order valence-corrected chi connectivity index (χ2v) is 13.7. The van der Waals surface area contributed by atoms with Crippen molar-refractivity contribution < 1.29 is 22.4 Å². The molecular formula is C37H40FN3O4S. The van der Waals surface area contributed by atoms with Crippen LogP contribution in [-0.4, -0.2) is 43.8 Å². The van der Waals surface area contributed by atoms with Crippen LogP contribution in [0.1, 0.15) is 48.8 Å². The summed E-state index contributed by atoms with van der Waals surface area (Å²) >= 11 is 0. The van der Waals surface area contributed by atoms with E-state index in [1.807, 2.05) is 37.3 Å². The van der Waals surface area contributed by atoms with Crippen molar-refractivity contribution in [3.05, 3.63) is 132 Å². The summed E-state index contributed by atoms with van der Waals surface area (Å²) < 4.78 is 44.3. The number of benzene rings is 4. The Hall–Kier alpha value is -4.50. The monoisotopic (exact) mass is 641 g/mol. The first-order valence-corrected chi connectivity index (χ1v) is 17.2. The lowest BCUT2D eigenvalue weighted by molar-refractivity contribution is -0.140. The summed E-state index contributed by atoms with van der Waals surface area (Å²) in [5.41, 5.74) is 2.28. The number of rotatable bonds is 12. The van der Waals surface area contributed by atoms with E-state index in [0.717, 1.165) is 47.5 Å². The number of anilines is 1. The van der Waals surface area contributed by atoms with Gasteiger partial charge < -0.3 is 10.2 Å². The van der Waals surface area contributed by atoms with Crippen LogP contribution in [0.25, 0.3) is 0 Å². The average Bonchev–Trinajstić information content (AvgIpc) is 3.07. The molecule has 4 aromatic rings. The van der Waals surface area contributed by atoms with E-state index in [0.29, 0.717) is 5.69 Å². The number of halogens is 1. The number of nitrogens with one attached hydrogen (secondary N) is 1. The molecule has 1 atom stereocenters. The van der Waals surface area contributed by atoms with E-state index in [2.05, 4.69) is 5.32 Å². The highest BCUT2D eigenvalue weighted by atomic mass is 32.2. The maximum Gasteiger partial charge on any atom is 0.264 e. The van der Waals surface area contributed by atoms with Crippen molar-refractivity contribution in [3.63, 3.8) is 0 Å². The van der Waals surface area contributed by atoms with E-state index < -0.39 is 34.3 Å². The van der Waals surface area contributed by atoms with Gasteiger partial charge in [0.25, 0.3) is 10.0 Å². The topological polar surface area (TPSA) is 86.8 Å². The zero-order valence-electron chi connectivity index (χ0n) is 26.0. The van der Waals surface area contributed by atoms with Crippen molar-refractivity contribution in [2.24, 2.45) is 0 Å². The number of carbonyl (C=O) groups excluding carboxylic acids is 2. The lowest BCUT2D eigenvalue weighted by Crippen LogP contribution is -2.55. The van der Waals surface area contributed by atoms with Gasteiger partial charge in [-0.1, -0.05) is 104 Å². The highest BCUT2D eigenvalue weighted by molar-refractivity contribution is 7.92. The van der Waals surface area contributed by atoms with Gasteiger partial charge in [0, 0.05) is 24.6 Å². The molecule has 5 rings (SSSR count). The molecular weight excluding hydrogens is 601 g/mol. The molecule has 1 fully saturated rings. The SMILES string of the molecule is Cc1ccc(N(CC(=O)N(Cc2ccccc2F)[C@@H](Cc2ccccc2)C(=O)NC2CCCCC2)S(=O)(=O)c2ccccc2)cc1. The minimum absolute atomic E-state index is 0.0209. The predicted molar refractivity (Wildman–Crippen MR) is 178 cm³/mol. The average molecular weight is 642 g/mol. The largest absolute Gasteiger partial charge is 0.352 e. The van der Waals surface area contributed by atoms with Crippen molar-refractivity contribution in [3.8, 4) is 0 Å². The van der Waals surface area contributed by atoms with E-state index >= 15 is 4.39 Å². The Labute approximate surface area is 271 Å². The van der Waals surface area contributed by atoms with E-state index in [-0.39, 0.29) is 35.4 Å². The minimum atomic E-state index is -4.19. The Morgan fingerprint density at radius 1 is 0.826 bits per heavy atom. The molecule has 0 spiro atoms. The fourth-order valence-corrected chi connectivity index (χ4v) is 7.30. The lowest BCUT2D eigenvalue weighted by atomic mass is 9.94. The molecule has 240 valence electrons. The van der Waals surface area contributed by atoms with Gasteiger partial charge >= 0.3 is 0 Å². The summed E-state index contributed by atoms with van der Waals surface area (Å²) in [5, 5.41) is 3.16. The molecule has 0 aliphatic heterocycles. The molecule has 9 heteroatoms. The van der Waals surface area contributed by atoms with Gasteiger partial charge in [-0.15, -0.1) is 0 Å². The molecule has 0 aromatic heterocycles. The molecule has 0 radical (unpaired) electrons. The maximum atomic E-state index is 15.1. The Balaban J connectivity index is 1.56. The molecule has 0 unspecified atom stereocenters. The molecule has 7 nitrogen and oxygen atoms in total. The number of sulfonamides is 1. The third-order valence-corrected chi connectivity index (χ3v) is 10.2. The fourth-order valence-electron chi connectivity index (χ4n) is 5.87. The Morgan fingerprint density at radius 2 is 1.43 bits per heavy atom. The van der Waals surface area contributed by atoms with Crippen molar-refractivity contribution >= 4 is 27.5 Å². The minimum Gasteiger partial charge on any atom is -0.352 e. The lowest BCUT2D eigenvalue weighted by Gasteiger charge is -2.35. The summed E-state index contributed by atoms with van der Waals surface area (Å²) in [7, 11) is -4.19. The van der Waals surface area contributed by atoms with Gasteiger partial charge in [0.15, 0.2) is 0 Å². The van der Waals surface area contributed by atoms with Gasteiger partial charge in [-0.2, -0.15) is 0 Å². The third kappa shape index (κ3) is 8.20. The molecule has 46 heavy (non-hydrogen) atoms. The Kier molecular flexibility index (Phi) is 10.9. The molecule has 1 N–H and O–H groups in total. The number of carbonyl (C=O) groups is 2. The van der Waals surface area contributed by atoms with E-state index in [1.54, 1.807) is 60.7 Å². The molecule has 4 aromatic carbocycles. The molecule has 0 heterocycles. The molecule has 1 aliphatic carbocycles. The van der Waals surface area contributed by atoms with E-state index in [4.69, 9.17) is 0 Å². The molecule has 0 bridgehead atoms. The summed E-state index contributed by atoms with van der Waals surface area (Å²) in [6.07, 6.45) is 5.01. The number of nitrogens with zero attached hydrogens (tertiary/aromatic N) is 2. The van der Waals surface area contributed by atoms with Crippen LogP contribution in [0.3, 0.4) is 0 Å². The molecule has 0 saturated heterocycles. The number of amides is 2. The zero-order chi connectivity index (χ0) is 32.5. The highest BCUT2D eigenvalue weighted by Crippen LogP contribution is 2.26. The second-order valence-electron chi connectivity index (χ2n) is 11.8. The van der Waals surface area contributed by atoms with Crippen molar-refractivity contribution in [2.45, 2.75) is 69.0 Å². The first-order valence-electron chi connectivity index (χ1n) is 15.7. The maximum absolute atomic E-state index is 15.1. The summed E-state index contributed by atoms with van der Waals surface area (Å²) in [5.74, 6) is -1.48. The van der Waals surface area contributed by atoms with Crippen LogP contribution < -0.4 is 9.62 Å². The van der Waals surface area contributed by atoms with Crippen molar-refractivity contribution in [1.82, 2.24) is 10.2 Å². The van der Waals surface area contributed by atoms with Crippen LogP contribution in [-0.2, 0) is 32.6 Å². The summed E-state index contributed by atoms with van der Waals surface area (Å²) in [4.78, 5) is 30.0. The fraction of sp³-hybridized carbons (Fsp3) is 0.297. The van der Waals surface area contributed by atoms with Crippen LogP contribution in [0.2, 0.25) is 0 Å². The quantitative estimate of drug-likeness (QED) is 0.194. The van der Waals surface area contributed by atoms with Gasteiger partial charge in [-0.25, -0.2) is 12.8 Å². The standard InChI is InChI=1S/C37H40FN3O4S/c1-28-21-23-32(24-22-28)41(46(44,45)33-18-9-4-10-19-33)27-36(42)40(26-30-15-11-12-20-34(30)38)35(25-29-13-5-2-6-14-29)37(43)39-31-16-7-3-8-17-31/h2,4-6,9-15,18-24,31,35H,3,7-8,16-17,25-27H2,1H3,(H,39,43)/t35-/m0/s1. The van der Waals surface area contributed by atoms with Crippen LogP contribution in [0.5, 0.6) is 0 Å². The molecule has 1 aliphatic rings. The van der Waals surface area contributed by atoms with Gasteiger partial charge in [0.05, 0.1) is 10.6 Å². The van der Waals surface area contributed by atoms with Gasteiger partial charge in [0.2, 0.25) is 11.8 Å². The van der Waals surface area contributed by atoms with Gasteiger partial charge in [-0.3, -0.25) is 13.9 Å². The Bertz CT molecular complexity index is 1710. The van der Waals surface area contributed by atoms with Crippen LogP contribution in [0.4, 0.5) is 10.1 Å². The highest BCUT2D eigenvalue weighted by Gasteiger charge is 2.35. The first-order chi connectivity index (χ1) is 22.2. The first kappa shape index (κ1) is 32.9. The van der Waals surface area contributed by atoms with Gasteiger partial charge in [0.1, 0.15) is 18.4 Å². The number of hydrogen-bond acceptors (Lipinski definition) is 4. The molecule has 1 saturated carbocycles. The third-order valence-electron chi connectivity index (χ3n) is 8.45. The smallest absolute Gasteiger partial charge is 0.264 e. The van der Waals surface area contributed by atoms with Crippen molar-refractivity contribution in [2.75, 3.05) is 10.8 Å². The molecule has 2 amide bonds. The van der Waals surface area contributed by atoms with E-state index in [1.165, 1.54) is 23.1 Å². The number of hydrogen-bond donors (Lipinski definition) is 1. The zero-order valence-corrected chi connectivity index (χ0v) is 26.8. The number of aryl methyl sites for hydroxylation is 1. The van der Waals surface area contributed by atoms with Gasteiger partial charge in [-0.05, 0) is 55.7 Å². The van der Waals surface area contributed by atoms with Crippen LogP contribution >= 0.6 is 0 Å². The summed E-state index contributed by atoms with van der Waals surface area (Å²) in [6.45, 7) is 1.09.